The van der Waals surface area contributed by atoms with Crippen LogP contribution in [0.3, 0.4) is 0 Å². The normalized spacial score (nSPS) is 16.5. The maximum atomic E-state index is 12.5. The van der Waals surface area contributed by atoms with Crippen molar-refractivity contribution in [2.24, 2.45) is 0 Å². The maximum absolute atomic E-state index is 12.5. The van der Waals surface area contributed by atoms with Gasteiger partial charge < -0.3 is 10.4 Å². The summed E-state index contributed by atoms with van der Waals surface area (Å²) in [6.45, 7) is -1.09. The zero-order valence-corrected chi connectivity index (χ0v) is 6.92. The highest BCUT2D eigenvalue weighted by atomic mass is 35.5. The van der Waals surface area contributed by atoms with E-state index in [2.05, 4.69) is 11.6 Å². The molecule has 0 aliphatic rings. The number of aliphatic hydroxyl groups excluding tert-OH is 1. The Balaban J connectivity index is 4.37. The fraction of sp³-hybridized carbons (Fsp3) is 0.800. The van der Waals surface area contributed by atoms with Crippen molar-refractivity contribution in [1.29, 1.82) is 0 Å². The Hall–Kier alpha value is -0.560. The van der Waals surface area contributed by atoms with Crippen LogP contribution in [-0.4, -0.2) is 35.5 Å². The lowest BCUT2D eigenvalue weighted by Crippen LogP contribution is -2.50. The number of carbonyl (C=O) groups excluding carboxylic acids is 1. The predicted octanol–water partition coefficient (Wildman–Crippen LogP) is 0.562. The molecule has 0 saturated carbocycles. The molecule has 78 valence electrons. The number of aliphatic hydroxyl groups is 1. The molecular formula is C5H6ClF4NO2. The van der Waals surface area contributed by atoms with Gasteiger partial charge in [-0.1, -0.05) is 11.6 Å². The molecule has 2 N–H and O–H groups in total. The van der Waals surface area contributed by atoms with E-state index in [0.717, 1.165) is 0 Å². The fourth-order valence-electron chi connectivity index (χ4n) is 0.409. The van der Waals surface area contributed by atoms with Crippen molar-refractivity contribution in [3.05, 3.63) is 0 Å². The van der Waals surface area contributed by atoms with Gasteiger partial charge in [0.2, 0.25) is 0 Å². The summed E-state index contributed by atoms with van der Waals surface area (Å²) >= 11 is 4.31. The Bertz CT molecular complexity index is 193. The van der Waals surface area contributed by atoms with Gasteiger partial charge in [-0.2, -0.15) is 13.2 Å². The van der Waals surface area contributed by atoms with E-state index in [0.29, 0.717) is 0 Å². The first-order chi connectivity index (χ1) is 5.73. The highest BCUT2D eigenvalue weighted by Crippen LogP contribution is 2.37. The molecule has 0 aromatic carbocycles. The van der Waals surface area contributed by atoms with Crippen LogP contribution in [-0.2, 0) is 4.79 Å². The molecule has 0 fully saturated rings. The number of carbonyl (C=O) groups is 1. The van der Waals surface area contributed by atoms with Crippen LogP contribution in [0.1, 0.15) is 0 Å². The average molecular weight is 224 g/mol. The van der Waals surface area contributed by atoms with E-state index >= 15 is 0 Å². The van der Waals surface area contributed by atoms with Crippen molar-refractivity contribution in [2.75, 3.05) is 13.2 Å². The van der Waals surface area contributed by atoms with Crippen molar-refractivity contribution in [2.45, 2.75) is 11.3 Å². The van der Waals surface area contributed by atoms with Crippen LogP contribution in [0.15, 0.2) is 0 Å². The minimum absolute atomic E-state index is 0.493. The molecule has 0 aliphatic heterocycles. The number of hydrogen-bond acceptors (Lipinski definition) is 2. The van der Waals surface area contributed by atoms with Crippen LogP contribution in [0.4, 0.5) is 17.6 Å². The largest absolute Gasteiger partial charge is 0.446 e. The van der Waals surface area contributed by atoms with Crippen molar-refractivity contribution < 1.29 is 27.5 Å². The summed E-state index contributed by atoms with van der Waals surface area (Å²) in [4.78, 5) is 10.4. The Labute approximate surface area is 75.7 Å². The van der Waals surface area contributed by atoms with Gasteiger partial charge in [-0.15, -0.1) is 0 Å². The SMILES string of the molecule is O=C(NCCO)C(F)(Cl)C(F)(F)F. The number of hydrogen-bond donors (Lipinski definition) is 2. The van der Waals surface area contributed by atoms with E-state index in [9.17, 15) is 22.4 Å². The maximum Gasteiger partial charge on any atom is 0.446 e. The van der Waals surface area contributed by atoms with Crippen molar-refractivity contribution >= 4 is 17.5 Å². The second-order valence-electron chi connectivity index (χ2n) is 2.05. The van der Waals surface area contributed by atoms with Gasteiger partial charge in [-0.3, -0.25) is 4.79 Å². The molecule has 3 nitrogen and oxygen atoms in total. The summed E-state index contributed by atoms with van der Waals surface area (Å²) in [5.74, 6) is -2.03. The van der Waals surface area contributed by atoms with Crippen LogP contribution < -0.4 is 5.32 Å². The average Bonchev–Trinajstić information content (AvgIpc) is 1.97. The zero-order valence-electron chi connectivity index (χ0n) is 6.16. The standard InChI is InChI=1S/C5H6ClF4NO2/c6-4(7,5(8,9)10)3(13)11-1-2-12/h12H,1-2H2,(H,11,13). The number of amides is 1. The van der Waals surface area contributed by atoms with Gasteiger partial charge in [-0.05, 0) is 0 Å². The molecule has 0 saturated heterocycles. The number of halogens is 5. The topological polar surface area (TPSA) is 49.3 Å². The molecule has 13 heavy (non-hydrogen) atoms. The van der Waals surface area contributed by atoms with E-state index < -0.39 is 30.4 Å². The molecule has 0 rings (SSSR count). The Morgan fingerprint density at radius 1 is 1.38 bits per heavy atom. The van der Waals surface area contributed by atoms with E-state index in [1.54, 1.807) is 0 Å². The fourth-order valence-corrected chi connectivity index (χ4v) is 0.476. The molecule has 0 aromatic heterocycles. The quantitative estimate of drug-likeness (QED) is 0.543. The monoisotopic (exact) mass is 223 g/mol. The zero-order chi connectivity index (χ0) is 10.7. The van der Waals surface area contributed by atoms with Crippen molar-refractivity contribution in [3.8, 4) is 0 Å². The lowest BCUT2D eigenvalue weighted by atomic mass is 10.3. The van der Waals surface area contributed by atoms with Crippen LogP contribution in [0, 0.1) is 0 Å². The Kier molecular flexibility index (Phi) is 3.92. The second kappa shape index (κ2) is 4.10. The summed E-state index contributed by atoms with van der Waals surface area (Å²) < 4.78 is 47.5. The molecule has 0 aromatic rings. The van der Waals surface area contributed by atoms with E-state index in [-0.39, 0.29) is 0 Å². The molecule has 0 radical (unpaired) electrons. The molecule has 0 bridgehead atoms. The minimum atomic E-state index is -5.48. The van der Waals surface area contributed by atoms with E-state index in [4.69, 9.17) is 5.11 Å². The third-order valence-corrected chi connectivity index (χ3v) is 1.42. The predicted molar refractivity (Wildman–Crippen MR) is 35.8 cm³/mol. The third-order valence-electron chi connectivity index (χ3n) is 1.04. The van der Waals surface area contributed by atoms with Gasteiger partial charge in [0.05, 0.1) is 6.61 Å². The first-order valence-corrected chi connectivity index (χ1v) is 3.45. The van der Waals surface area contributed by atoms with E-state index in [1.165, 1.54) is 5.32 Å². The Morgan fingerprint density at radius 3 is 2.15 bits per heavy atom. The molecule has 0 heterocycles. The minimum Gasteiger partial charge on any atom is -0.395 e. The first-order valence-electron chi connectivity index (χ1n) is 3.07. The molecule has 1 unspecified atom stereocenters. The molecular weight excluding hydrogens is 218 g/mol. The van der Waals surface area contributed by atoms with Crippen LogP contribution in [0.2, 0.25) is 0 Å². The molecule has 8 heteroatoms. The number of nitrogens with one attached hydrogen (secondary N) is 1. The summed E-state index contributed by atoms with van der Waals surface area (Å²) in [5.41, 5.74) is 0. The van der Waals surface area contributed by atoms with Crippen LogP contribution in [0.5, 0.6) is 0 Å². The molecule has 1 amide bonds. The van der Waals surface area contributed by atoms with Gasteiger partial charge in [0, 0.05) is 6.54 Å². The molecule has 0 spiro atoms. The highest BCUT2D eigenvalue weighted by molar-refractivity contribution is 6.34. The van der Waals surface area contributed by atoms with Crippen molar-refractivity contribution in [3.63, 3.8) is 0 Å². The van der Waals surface area contributed by atoms with Gasteiger partial charge >= 0.3 is 11.3 Å². The lowest BCUT2D eigenvalue weighted by Gasteiger charge is -2.19. The number of rotatable bonds is 3. The Morgan fingerprint density at radius 2 is 1.85 bits per heavy atom. The number of alkyl halides is 5. The van der Waals surface area contributed by atoms with Crippen molar-refractivity contribution in [1.82, 2.24) is 5.32 Å². The smallest absolute Gasteiger partial charge is 0.395 e. The second-order valence-corrected chi connectivity index (χ2v) is 2.57. The van der Waals surface area contributed by atoms with Gasteiger partial charge in [0.1, 0.15) is 0 Å². The molecule has 1 atom stereocenters. The summed E-state index contributed by atoms with van der Waals surface area (Å²) in [7, 11) is 0. The first kappa shape index (κ1) is 12.4. The van der Waals surface area contributed by atoms with Gasteiger partial charge in [0.15, 0.2) is 0 Å². The van der Waals surface area contributed by atoms with Gasteiger partial charge in [-0.25, -0.2) is 4.39 Å². The third kappa shape index (κ3) is 3.00. The summed E-state index contributed by atoms with van der Waals surface area (Å²) in [5, 5.41) is 5.14. The molecule has 0 aliphatic carbocycles. The summed E-state index contributed by atoms with van der Waals surface area (Å²) in [6, 6.07) is 0. The van der Waals surface area contributed by atoms with Crippen LogP contribution >= 0.6 is 11.6 Å². The van der Waals surface area contributed by atoms with Gasteiger partial charge in [0.25, 0.3) is 5.91 Å². The summed E-state index contributed by atoms with van der Waals surface area (Å²) in [6.07, 6.45) is -5.48. The highest BCUT2D eigenvalue weighted by Gasteiger charge is 2.60. The van der Waals surface area contributed by atoms with Crippen LogP contribution in [0.25, 0.3) is 0 Å². The van der Waals surface area contributed by atoms with E-state index in [1.807, 2.05) is 0 Å². The lowest BCUT2D eigenvalue weighted by molar-refractivity contribution is -0.200.